The molecule has 0 amide bonds. The Hall–Kier alpha value is -1.10. The number of rotatable bonds is 7. The van der Waals surface area contributed by atoms with Gasteiger partial charge in [0.05, 0.1) is 19.8 Å². The molecule has 0 spiro atoms. The third-order valence-electron chi connectivity index (χ3n) is 3.55. The van der Waals surface area contributed by atoms with Crippen molar-refractivity contribution in [2.75, 3.05) is 26.4 Å². The second-order valence-corrected chi connectivity index (χ2v) is 4.72. The van der Waals surface area contributed by atoms with Crippen molar-refractivity contribution < 1.29 is 23.8 Å². The van der Waals surface area contributed by atoms with E-state index in [0.29, 0.717) is 32.5 Å². The second kappa shape index (κ2) is 7.48. The van der Waals surface area contributed by atoms with Gasteiger partial charge in [-0.3, -0.25) is 9.59 Å². The highest BCUT2D eigenvalue weighted by Crippen LogP contribution is 2.40. The van der Waals surface area contributed by atoms with Crippen LogP contribution in [0, 0.1) is 11.3 Å². The number of ether oxygens (including phenoxy) is 3. The molecular formula is C14H24O5. The third kappa shape index (κ3) is 3.26. The fraction of sp³-hybridized carbons (Fsp3) is 0.857. The molecule has 0 aliphatic carbocycles. The minimum atomic E-state index is -1.20. The van der Waals surface area contributed by atoms with Crippen LogP contribution in [-0.2, 0) is 23.8 Å². The van der Waals surface area contributed by atoms with Gasteiger partial charge >= 0.3 is 11.9 Å². The predicted molar refractivity (Wildman–Crippen MR) is 69.5 cm³/mol. The summed E-state index contributed by atoms with van der Waals surface area (Å²) in [5.74, 6) is -1.08. The SMILES string of the molecule is CCCC(C(=O)OCC)(C(=O)OCC)C1CCOC1. The van der Waals surface area contributed by atoms with Crippen LogP contribution in [-0.4, -0.2) is 38.4 Å². The minimum Gasteiger partial charge on any atom is -0.465 e. The van der Waals surface area contributed by atoms with E-state index in [4.69, 9.17) is 14.2 Å². The Labute approximate surface area is 114 Å². The molecular weight excluding hydrogens is 248 g/mol. The fourth-order valence-electron chi connectivity index (χ4n) is 2.66. The van der Waals surface area contributed by atoms with Gasteiger partial charge in [-0.05, 0) is 26.7 Å². The molecule has 1 saturated heterocycles. The van der Waals surface area contributed by atoms with Gasteiger partial charge in [0.25, 0.3) is 0 Å². The van der Waals surface area contributed by atoms with E-state index in [1.165, 1.54) is 0 Å². The molecule has 19 heavy (non-hydrogen) atoms. The lowest BCUT2D eigenvalue weighted by molar-refractivity contribution is -0.178. The monoisotopic (exact) mass is 272 g/mol. The Balaban J connectivity index is 3.07. The number of carbonyl (C=O) groups excluding carboxylic acids is 2. The fourth-order valence-corrected chi connectivity index (χ4v) is 2.66. The highest BCUT2D eigenvalue weighted by atomic mass is 16.6. The van der Waals surface area contributed by atoms with Gasteiger partial charge in [0, 0.05) is 12.5 Å². The number of esters is 2. The average molecular weight is 272 g/mol. The lowest BCUT2D eigenvalue weighted by atomic mass is 9.71. The van der Waals surface area contributed by atoms with E-state index in [0.717, 1.165) is 0 Å². The van der Waals surface area contributed by atoms with Gasteiger partial charge in [0.1, 0.15) is 0 Å². The van der Waals surface area contributed by atoms with E-state index >= 15 is 0 Å². The van der Waals surface area contributed by atoms with E-state index < -0.39 is 17.4 Å². The summed E-state index contributed by atoms with van der Waals surface area (Å²) in [6.07, 6.45) is 1.85. The van der Waals surface area contributed by atoms with E-state index in [-0.39, 0.29) is 19.1 Å². The maximum absolute atomic E-state index is 12.4. The molecule has 110 valence electrons. The zero-order chi connectivity index (χ0) is 14.3. The minimum absolute atomic E-state index is 0.148. The smallest absolute Gasteiger partial charge is 0.323 e. The van der Waals surface area contributed by atoms with E-state index in [1.54, 1.807) is 13.8 Å². The van der Waals surface area contributed by atoms with Gasteiger partial charge in [-0.2, -0.15) is 0 Å². The first-order valence-electron chi connectivity index (χ1n) is 7.05. The Bertz CT molecular complexity index is 289. The summed E-state index contributed by atoms with van der Waals surface area (Å²) in [5.41, 5.74) is -1.20. The van der Waals surface area contributed by atoms with Crippen molar-refractivity contribution in [1.82, 2.24) is 0 Å². The first kappa shape index (κ1) is 16.0. The van der Waals surface area contributed by atoms with Crippen LogP contribution in [0.15, 0.2) is 0 Å². The van der Waals surface area contributed by atoms with Gasteiger partial charge in [-0.15, -0.1) is 0 Å². The number of carbonyl (C=O) groups is 2. The lowest BCUT2D eigenvalue weighted by Gasteiger charge is -2.33. The summed E-state index contributed by atoms with van der Waals surface area (Å²) >= 11 is 0. The van der Waals surface area contributed by atoms with Gasteiger partial charge in [0.15, 0.2) is 5.41 Å². The third-order valence-corrected chi connectivity index (χ3v) is 3.55. The molecule has 1 unspecified atom stereocenters. The molecule has 1 atom stereocenters. The summed E-state index contributed by atoms with van der Waals surface area (Å²) in [4.78, 5) is 24.8. The Morgan fingerprint density at radius 2 is 1.74 bits per heavy atom. The predicted octanol–water partition coefficient (Wildman–Crippen LogP) is 1.94. The van der Waals surface area contributed by atoms with Crippen LogP contribution in [0.1, 0.15) is 40.0 Å². The Morgan fingerprint density at radius 3 is 2.11 bits per heavy atom. The van der Waals surface area contributed by atoms with Crippen LogP contribution >= 0.6 is 0 Å². The molecule has 0 radical (unpaired) electrons. The zero-order valence-corrected chi connectivity index (χ0v) is 12.1. The summed E-state index contributed by atoms with van der Waals surface area (Å²) in [6, 6.07) is 0. The maximum atomic E-state index is 12.4. The molecule has 1 fully saturated rings. The summed E-state index contributed by atoms with van der Waals surface area (Å²) < 4.78 is 15.6. The first-order chi connectivity index (χ1) is 9.13. The molecule has 0 aromatic rings. The van der Waals surface area contributed by atoms with Crippen LogP contribution in [0.3, 0.4) is 0 Å². The van der Waals surface area contributed by atoms with E-state index in [2.05, 4.69) is 0 Å². The van der Waals surface area contributed by atoms with Crippen LogP contribution in [0.5, 0.6) is 0 Å². The number of hydrogen-bond donors (Lipinski definition) is 0. The van der Waals surface area contributed by atoms with Crippen molar-refractivity contribution in [3.63, 3.8) is 0 Å². The highest BCUT2D eigenvalue weighted by molar-refractivity contribution is 6.00. The average Bonchev–Trinajstić information content (AvgIpc) is 2.90. The summed E-state index contributed by atoms with van der Waals surface area (Å²) in [5, 5.41) is 0. The van der Waals surface area contributed by atoms with Gasteiger partial charge in [0.2, 0.25) is 0 Å². The Kier molecular flexibility index (Phi) is 6.28. The van der Waals surface area contributed by atoms with Crippen LogP contribution in [0.2, 0.25) is 0 Å². The first-order valence-corrected chi connectivity index (χ1v) is 7.05. The Morgan fingerprint density at radius 1 is 1.16 bits per heavy atom. The number of hydrogen-bond acceptors (Lipinski definition) is 5. The second-order valence-electron chi connectivity index (χ2n) is 4.72. The van der Waals surface area contributed by atoms with Crippen LogP contribution < -0.4 is 0 Å². The lowest BCUT2D eigenvalue weighted by Crippen LogP contribution is -2.48. The highest BCUT2D eigenvalue weighted by Gasteiger charge is 2.55. The van der Waals surface area contributed by atoms with Crippen molar-refractivity contribution in [2.45, 2.75) is 40.0 Å². The topological polar surface area (TPSA) is 61.8 Å². The summed E-state index contributed by atoms with van der Waals surface area (Å²) in [6.45, 7) is 6.94. The molecule has 0 N–H and O–H groups in total. The van der Waals surface area contributed by atoms with Crippen molar-refractivity contribution in [3.8, 4) is 0 Å². The molecule has 0 saturated carbocycles. The molecule has 1 rings (SSSR count). The molecule has 1 aliphatic rings. The van der Waals surface area contributed by atoms with Crippen LogP contribution in [0.25, 0.3) is 0 Å². The molecule has 5 nitrogen and oxygen atoms in total. The summed E-state index contributed by atoms with van der Waals surface area (Å²) in [7, 11) is 0. The molecule has 0 bridgehead atoms. The quantitative estimate of drug-likeness (QED) is 0.523. The van der Waals surface area contributed by atoms with Crippen LogP contribution in [0.4, 0.5) is 0 Å². The molecule has 5 heteroatoms. The van der Waals surface area contributed by atoms with Crippen molar-refractivity contribution in [1.29, 1.82) is 0 Å². The van der Waals surface area contributed by atoms with Crippen molar-refractivity contribution in [3.05, 3.63) is 0 Å². The molecule has 1 aliphatic heterocycles. The van der Waals surface area contributed by atoms with Crippen molar-refractivity contribution in [2.24, 2.45) is 11.3 Å². The van der Waals surface area contributed by atoms with E-state index in [9.17, 15) is 9.59 Å². The molecule has 1 heterocycles. The molecule has 0 aromatic heterocycles. The van der Waals surface area contributed by atoms with Crippen molar-refractivity contribution >= 4 is 11.9 Å². The van der Waals surface area contributed by atoms with Gasteiger partial charge < -0.3 is 14.2 Å². The van der Waals surface area contributed by atoms with Gasteiger partial charge in [-0.1, -0.05) is 13.3 Å². The standard InChI is InChI=1S/C14H24O5/c1-4-8-14(12(15)18-5-2,13(16)19-6-3)11-7-9-17-10-11/h11H,4-10H2,1-3H3. The maximum Gasteiger partial charge on any atom is 0.323 e. The van der Waals surface area contributed by atoms with E-state index in [1.807, 2.05) is 6.92 Å². The normalized spacial score (nSPS) is 19.2. The molecule has 0 aromatic carbocycles. The largest absolute Gasteiger partial charge is 0.465 e. The zero-order valence-electron chi connectivity index (χ0n) is 12.1. The van der Waals surface area contributed by atoms with Gasteiger partial charge in [-0.25, -0.2) is 0 Å².